The van der Waals surface area contributed by atoms with Crippen molar-refractivity contribution in [1.82, 2.24) is 5.32 Å². The zero-order chi connectivity index (χ0) is 16.5. The molecule has 1 aromatic carbocycles. The van der Waals surface area contributed by atoms with Crippen LogP contribution in [-0.4, -0.2) is 19.8 Å². The topological polar surface area (TPSA) is 30.5 Å². The van der Waals surface area contributed by atoms with Crippen molar-refractivity contribution in [2.24, 2.45) is 0 Å². The summed E-state index contributed by atoms with van der Waals surface area (Å²) in [5.41, 5.74) is 2.73. The number of hydrogen-bond donors (Lipinski definition) is 1. The van der Waals surface area contributed by atoms with Gasteiger partial charge in [0.05, 0.1) is 18.2 Å². The highest BCUT2D eigenvalue weighted by molar-refractivity contribution is 6.32. The molecule has 0 fully saturated rings. The lowest BCUT2D eigenvalue weighted by Crippen LogP contribution is -2.16. The van der Waals surface area contributed by atoms with Gasteiger partial charge in [-0.15, -0.1) is 12.4 Å². The molecule has 0 atom stereocenters. The summed E-state index contributed by atoms with van der Waals surface area (Å²) in [5.74, 6) is 1.38. The summed E-state index contributed by atoms with van der Waals surface area (Å²) in [7, 11) is 0. The highest BCUT2D eigenvalue weighted by atomic mass is 35.5. The molecule has 0 saturated carbocycles. The zero-order valence-corrected chi connectivity index (χ0v) is 16.3. The lowest BCUT2D eigenvalue weighted by molar-refractivity contribution is 0.287. The second-order valence-electron chi connectivity index (χ2n) is 5.81. The smallest absolute Gasteiger partial charge is 0.179 e. The summed E-state index contributed by atoms with van der Waals surface area (Å²) in [6.45, 7) is 6.88. The third-order valence-corrected chi connectivity index (χ3v) is 4.28. The van der Waals surface area contributed by atoms with Gasteiger partial charge < -0.3 is 14.8 Å². The standard InChI is InChI=1S/C19H28ClNO2.ClH/c1-3-22-18-13-16(12-17(20)19(18)23-4-2)14-21-11-10-15-8-6-5-7-9-15;/h8,12-13,21H,3-7,9-11,14H2,1-2H3;1H. The highest BCUT2D eigenvalue weighted by Gasteiger charge is 2.12. The Kier molecular flexibility index (Phi) is 10.2. The van der Waals surface area contributed by atoms with Crippen LogP contribution >= 0.6 is 24.0 Å². The quantitative estimate of drug-likeness (QED) is 0.455. The summed E-state index contributed by atoms with van der Waals surface area (Å²) in [4.78, 5) is 0. The molecule has 24 heavy (non-hydrogen) atoms. The van der Waals surface area contributed by atoms with Gasteiger partial charge in [0.1, 0.15) is 0 Å². The molecular formula is C19H29Cl2NO2. The van der Waals surface area contributed by atoms with Crippen molar-refractivity contribution in [3.63, 3.8) is 0 Å². The van der Waals surface area contributed by atoms with E-state index in [1.807, 2.05) is 26.0 Å². The second-order valence-corrected chi connectivity index (χ2v) is 6.21. The molecule has 1 aromatic rings. The minimum Gasteiger partial charge on any atom is -0.490 e. The molecule has 0 unspecified atom stereocenters. The molecule has 1 aliphatic carbocycles. The van der Waals surface area contributed by atoms with Crippen molar-refractivity contribution >= 4 is 24.0 Å². The van der Waals surface area contributed by atoms with Crippen LogP contribution in [0.25, 0.3) is 0 Å². The van der Waals surface area contributed by atoms with Crippen LogP contribution in [0.4, 0.5) is 0 Å². The lowest BCUT2D eigenvalue weighted by Gasteiger charge is -2.15. The van der Waals surface area contributed by atoms with E-state index in [0.29, 0.717) is 24.0 Å². The maximum Gasteiger partial charge on any atom is 0.179 e. The maximum absolute atomic E-state index is 6.34. The van der Waals surface area contributed by atoms with Crippen molar-refractivity contribution < 1.29 is 9.47 Å². The average molecular weight is 374 g/mol. The molecule has 0 bridgehead atoms. The Bertz CT molecular complexity index is 532. The van der Waals surface area contributed by atoms with Gasteiger partial charge in [-0.05, 0) is 70.2 Å². The minimum absolute atomic E-state index is 0. The fourth-order valence-corrected chi connectivity index (χ4v) is 3.17. The first kappa shape index (κ1) is 21.1. The van der Waals surface area contributed by atoms with E-state index in [0.717, 1.165) is 30.8 Å². The van der Waals surface area contributed by atoms with E-state index in [2.05, 4.69) is 11.4 Å². The monoisotopic (exact) mass is 373 g/mol. The molecule has 136 valence electrons. The summed E-state index contributed by atoms with van der Waals surface area (Å²) in [6.07, 6.45) is 8.77. The van der Waals surface area contributed by atoms with Crippen molar-refractivity contribution in [2.45, 2.75) is 52.5 Å². The first-order valence-electron chi connectivity index (χ1n) is 8.71. The third-order valence-electron chi connectivity index (χ3n) is 3.99. The average Bonchev–Trinajstić information content (AvgIpc) is 2.56. The van der Waals surface area contributed by atoms with Gasteiger partial charge in [0.2, 0.25) is 0 Å². The number of nitrogens with one attached hydrogen (secondary N) is 1. The predicted molar refractivity (Wildman–Crippen MR) is 104 cm³/mol. The largest absolute Gasteiger partial charge is 0.490 e. The summed E-state index contributed by atoms with van der Waals surface area (Å²) >= 11 is 6.34. The van der Waals surface area contributed by atoms with E-state index in [1.165, 1.54) is 25.7 Å². The van der Waals surface area contributed by atoms with E-state index in [-0.39, 0.29) is 12.4 Å². The Hall–Kier alpha value is -0.900. The van der Waals surface area contributed by atoms with Crippen LogP contribution in [0.3, 0.4) is 0 Å². The van der Waals surface area contributed by atoms with Crippen LogP contribution in [0.1, 0.15) is 51.5 Å². The predicted octanol–water partition coefficient (Wildman–Crippen LogP) is 5.54. The number of allylic oxidation sites excluding steroid dienone is 1. The molecule has 0 radical (unpaired) electrons. The van der Waals surface area contributed by atoms with E-state index in [1.54, 1.807) is 5.57 Å². The molecule has 0 heterocycles. The normalized spacial score (nSPS) is 13.9. The molecule has 3 nitrogen and oxygen atoms in total. The molecule has 1 N–H and O–H groups in total. The van der Waals surface area contributed by atoms with Crippen LogP contribution in [0, 0.1) is 0 Å². The minimum atomic E-state index is 0. The molecule has 0 aliphatic heterocycles. The van der Waals surface area contributed by atoms with Crippen LogP contribution < -0.4 is 14.8 Å². The zero-order valence-electron chi connectivity index (χ0n) is 14.7. The maximum atomic E-state index is 6.34. The molecule has 0 saturated heterocycles. The van der Waals surface area contributed by atoms with Crippen LogP contribution in [0.15, 0.2) is 23.8 Å². The van der Waals surface area contributed by atoms with Crippen molar-refractivity contribution in [3.8, 4) is 11.5 Å². The van der Waals surface area contributed by atoms with Gasteiger partial charge in [-0.25, -0.2) is 0 Å². The first-order chi connectivity index (χ1) is 11.2. The van der Waals surface area contributed by atoms with Gasteiger partial charge in [0, 0.05) is 6.54 Å². The van der Waals surface area contributed by atoms with Crippen molar-refractivity contribution in [2.75, 3.05) is 19.8 Å². The van der Waals surface area contributed by atoms with Crippen molar-refractivity contribution in [1.29, 1.82) is 0 Å². The summed E-state index contributed by atoms with van der Waals surface area (Å²) in [5, 5.41) is 4.12. The Labute approximate surface area is 157 Å². The fraction of sp³-hybridized carbons (Fsp3) is 0.579. The Morgan fingerprint density at radius 1 is 1.12 bits per heavy atom. The number of benzene rings is 1. The molecule has 0 spiro atoms. The van der Waals surface area contributed by atoms with E-state index < -0.39 is 0 Å². The molecule has 0 aromatic heterocycles. The Morgan fingerprint density at radius 2 is 1.92 bits per heavy atom. The molecular weight excluding hydrogens is 345 g/mol. The van der Waals surface area contributed by atoms with Crippen LogP contribution in [0.2, 0.25) is 5.02 Å². The molecule has 2 rings (SSSR count). The second kappa shape index (κ2) is 11.6. The van der Waals surface area contributed by atoms with E-state index in [4.69, 9.17) is 21.1 Å². The van der Waals surface area contributed by atoms with Crippen molar-refractivity contribution in [3.05, 3.63) is 34.4 Å². The first-order valence-corrected chi connectivity index (χ1v) is 9.09. The fourth-order valence-electron chi connectivity index (χ4n) is 2.88. The van der Waals surface area contributed by atoms with Gasteiger partial charge in [-0.2, -0.15) is 0 Å². The molecule has 0 amide bonds. The summed E-state index contributed by atoms with van der Waals surface area (Å²) < 4.78 is 11.3. The Morgan fingerprint density at radius 3 is 2.58 bits per heavy atom. The van der Waals surface area contributed by atoms with Crippen LogP contribution in [-0.2, 0) is 6.54 Å². The van der Waals surface area contributed by atoms with E-state index >= 15 is 0 Å². The van der Waals surface area contributed by atoms with Gasteiger partial charge in [-0.3, -0.25) is 0 Å². The number of ether oxygens (including phenoxy) is 2. The Balaban J connectivity index is 0.00000288. The lowest BCUT2D eigenvalue weighted by atomic mass is 9.97. The van der Waals surface area contributed by atoms with E-state index in [9.17, 15) is 0 Å². The summed E-state index contributed by atoms with van der Waals surface area (Å²) in [6, 6.07) is 3.98. The highest BCUT2D eigenvalue weighted by Crippen LogP contribution is 2.36. The SMILES string of the molecule is CCOc1cc(CNCCC2=CCCCC2)cc(Cl)c1OCC.Cl. The molecule has 1 aliphatic rings. The third kappa shape index (κ3) is 6.54. The number of rotatable bonds is 9. The van der Waals surface area contributed by atoms with Gasteiger partial charge >= 0.3 is 0 Å². The number of halogens is 2. The van der Waals surface area contributed by atoms with Gasteiger partial charge in [0.25, 0.3) is 0 Å². The van der Waals surface area contributed by atoms with Gasteiger partial charge in [0.15, 0.2) is 11.5 Å². The number of hydrogen-bond acceptors (Lipinski definition) is 3. The molecule has 5 heteroatoms. The van der Waals surface area contributed by atoms with Gasteiger partial charge in [-0.1, -0.05) is 23.3 Å². The van der Waals surface area contributed by atoms with Crippen LogP contribution in [0.5, 0.6) is 11.5 Å².